The number of nitrogens with zero attached hydrogens (tertiary/aromatic N) is 1. The molecule has 118 valence electrons. The Hall–Kier alpha value is -2.17. The second-order valence-electron chi connectivity index (χ2n) is 5.46. The van der Waals surface area contributed by atoms with E-state index < -0.39 is 0 Å². The first-order valence-corrected chi connectivity index (χ1v) is 7.45. The molecule has 1 aromatic rings. The van der Waals surface area contributed by atoms with E-state index in [1.54, 1.807) is 38.6 Å². The lowest BCUT2D eigenvalue weighted by atomic mass is 9.83. The van der Waals surface area contributed by atoms with Gasteiger partial charge in [0.05, 0.1) is 13.0 Å². The fourth-order valence-corrected chi connectivity index (χ4v) is 2.71. The van der Waals surface area contributed by atoms with Gasteiger partial charge in [-0.2, -0.15) is 0 Å². The number of aldehydes is 1. The minimum atomic E-state index is -0.228. The summed E-state index contributed by atoms with van der Waals surface area (Å²) >= 11 is 0. The highest BCUT2D eigenvalue weighted by Crippen LogP contribution is 2.30. The molecule has 0 atom stereocenters. The number of esters is 1. The van der Waals surface area contributed by atoms with Gasteiger partial charge in [0.2, 0.25) is 0 Å². The number of hydrogen-bond acceptors (Lipinski definition) is 5. The fourth-order valence-electron chi connectivity index (χ4n) is 2.71. The second-order valence-corrected chi connectivity index (χ2v) is 5.46. The van der Waals surface area contributed by atoms with E-state index in [9.17, 15) is 9.59 Å². The van der Waals surface area contributed by atoms with Crippen LogP contribution in [0.5, 0.6) is 11.5 Å². The van der Waals surface area contributed by atoms with Crippen molar-refractivity contribution in [3.05, 3.63) is 23.8 Å². The van der Waals surface area contributed by atoms with Gasteiger partial charge in [-0.3, -0.25) is 9.79 Å². The Kier molecular flexibility index (Phi) is 5.69. The highest BCUT2D eigenvalue weighted by molar-refractivity contribution is 5.85. The van der Waals surface area contributed by atoms with Crippen molar-refractivity contribution in [2.45, 2.75) is 25.7 Å². The lowest BCUT2D eigenvalue weighted by Crippen LogP contribution is -2.26. The largest absolute Gasteiger partial charge is 0.496 e. The van der Waals surface area contributed by atoms with E-state index in [1.165, 1.54) is 0 Å². The zero-order valence-electron chi connectivity index (χ0n) is 13.0. The molecule has 1 aliphatic carbocycles. The van der Waals surface area contributed by atoms with Gasteiger partial charge in [-0.05, 0) is 43.9 Å². The van der Waals surface area contributed by atoms with Gasteiger partial charge in [-0.15, -0.1) is 0 Å². The Morgan fingerprint density at radius 3 is 2.59 bits per heavy atom. The highest BCUT2D eigenvalue weighted by Gasteiger charge is 2.27. The first-order valence-electron chi connectivity index (χ1n) is 7.45. The molecule has 0 heterocycles. The van der Waals surface area contributed by atoms with E-state index in [0.29, 0.717) is 24.3 Å². The topological polar surface area (TPSA) is 65.0 Å². The molecule has 5 nitrogen and oxygen atoms in total. The van der Waals surface area contributed by atoms with E-state index in [4.69, 9.17) is 9.47 Å². The molecule has 1 aliphatic rings. The minimum Gasteiger partial charge on any atom is -0.496 e. The molecule has 0 aromatic heterocycles. The number of ether oxygens (including phenoxy) is 2. The van der Waals surface area contributed by atoms with Gasteiger partial charge in [0, 0.05) is 24.7 Å². The number of carbonyl (C=O) groups is 2. The van der Waals surface area contributed by atoms with Gasteiger partial charge in [0.15, 0.2) is 0 Å². The van der Waals surface area contributed by atoms with Crippen LogP contribution in [-0.4, -0.2) is 32.6 Å². The molecule has 1 saturated carbocycles. The Morgan fingerprint density at radius 1 is 1.27 bits per heavy atom. The number of aliphatic imine (C=N–C) groups is 1. The number of methoxy groups -OCH3 is 1. The summed E-state index contributed by atoms with van der Waals surface area (Å²) in [6.07, 6.45) is 5.59. The van der Waals surface area contributed by atoms with Crippen LogP contribution >= 0.6 is 0 Å². The van der Waals surface area contributed by atoms with E-state index in [0.717, 1.165) is 24.7 Å². The molecular formula is C17H21NO4. The fraction of sp³-hybridized carbons (Fsp3) is 0.471. The van der Waals surface area contributed by atoms with Crippen molar-refractivity contribution in [1.82, 2.24) is 0 Å². The van der Waals surface area contributed by atoms with Crippen LogP contribution < -0.4 is 9.47 Å². The molecule has 1 aromatic carbocycles. The van der Waals surface area contributed by atoms with E-state index in [1.807, 2.05) is 0 Å². The summed E-state index contributed by atoms with van der Waals surface area (Å²) in [4.78, 5) is 26.9. The Labute approximate surface area is 130 Å². The molecule has 0 spiro atoms. The third-order valence-electron chi connectivity index (χ3n) is 3.99. The van der Waals surface area contributed by atoms with Gasteiger partial charge in [-0.25, -0.2) is 0 Å². The molecule has 0 amide bonds. The summed E-state index contributed by atoms with van der Waals surface area (Å²) < 4.78 is 10.7. The third-order valence-corrected chi connectivity index (χ3v) is 3.99. The van der Waals surface area contributed by atoms with Crippen LogP contribution in [0.25, 0.3) is 0 Å². The van der Waals surface area contributed by atoms with Crippen molar-refractivity contribution < 1.29 is 19.1 Å². The first-order chi connectivity index (χ1) is 10.7. The molecule has 22 heavy (non-hydrogen) atoms. The highest BCUT2D eigenvalue weighted by atomic mass is 16.5. The van der Waals surface area contributed by atoms with Crippen LogP contribution in [-0.2, 0) is 9.59 Å². The van der Waals surface area contributed by atoms with Gasteiger partial charge >= 0.3 is 5.97 Å². The first kappa shape index (κ1) is 16.2. The molecule has 0 N–H and O–H groups in total. The number of benzene rings is 1. The Bertz CT molecular complexity index is 560. The van der Waals surface area contributed by atoms with Gasteiger partial charge < -0.3 is 14.3 Å². The maximum atomic E-state index is 12.2. The smallest absolute Gasteiger partial charge is 0.314 e. The summed E-state index contributed by atoms with van der Waals surface area (Å²) in [6, 6.07) is 5.20. The van der Waals surface area contributed by atoms with Crippen molar-refractivity contribution in [3.63, 3.8) is 0 Å². The van der Waals surface area contributed by atoms with Crippen LogP contribution in [0.1, 0.15) is 31.2 Å². The molecule has 5 heteroatoms. The molecular weight excluding hydrogens is 282 g/mol. The van der Waals surface area contributed by atoms with E-state index >= 15 is 0 Å². The lowest BCUT2D eigenvalue weighted by Gasteiger charge is -2.23. The average molecular weight is 303 g/mol. The zero-order chi connectivity index (χ0) is 15.9. The molecule has 0 saturated heterocycles. The average Bonchev–Trinajstić information content (AvgIpc) is 2.55. The Morgan fingerprint density at radius 2 is 2.00 bits per heavy atom. The van der Waals surface area contributed by atoms with Gasteiger partial charge in [0.25, 0.3) is 0 Å². The van der Waals surface area contributed by atoms with Crippen LogP contribution in [0, 0.1) is 11.8 Å². The third kappa shape index (κ3) is 3.93. The normalized spacial score (nSPS) is 21.5. The molecule has 0 aliphatic heterocycles. The maximum absolute atomic E-state index is 12.2. The standard InChI is InChI=1S/C17H21NO4/c1-18-10-14-9-15(7-8-16(14)21-2)22-17(20)13-5-3-12(11-19)4-6-13/h7-13H,3-6H2,1-2H3. The second kappa shape index (κ2) is 7.73. The maximum Gasteiger partial charge on any atom is 0.314 e. The van der Waals surface area contributed by atoms with Crippen LogP contribution in [0.15, 0.2) is 23.2 Å². The lowest BCUT2D eigenvalue weighted by molar-refractivity contribution is -0.140. The summed E-state index contributed by atoms with van der Waals surface area (Å²) in [6.45, 7) is 0. The summed E-state index contributed by atoms with van der Waals surface area (Å²) in [5.41, 5.74) is 0.764. The Balaban J connectivity index is 2.02. The van der Waals surface area contributed by atoms with Crippen LogP contribution in [0.4, 0.5) is 0 Å². The van der Waals surface area contributed by atoms with Crippen molar-refractivity contribution in [3.8, 4) is 11.5 Å². The minimum absolute atomic E-state index is 0.0948. The quantitative estimate of drug-likeness (QED) is 0.363. The van der Waals surface area contributed by atoms with Crippen molar-refractivity contribution in [2.75, 3.05) is 14.2 Å². The molecule has 2 rings (SSSR count). The predicted octanol–water partition coefficient (Wildman–Crippen LogP) is 2.65. The predicted molar refractivity (Wildman–Crippen MR) is 83.7 cm³/mol. The van der Waals surface area contributed by atoms with Gasteiger partial charge in [-0.1, -0.05) is 0 Å². The SMILES string of the molecule is CN=Cc1cc(OC(=O)C2CCC(C=O)CC2)ccc1OC. The van der Waals surface area contributed by atoms with E-state index in [2.05, 4.69) is 4.99 Å². The van der Waals surface area contributed by atoms with Gasteiger partial charge in [0.1, 0.15) is 17.8 Å². The summed E-state index contributed by atoms with van der Waals surface area (Å²) in [5, 5.41) is 0. The number of hydrogen-bond donors (Lipinski definition) is 0. The summed E-state index contributed by atoms with van der Waals surface area (Å²) in [5.74, 6) is 0.906. The molecule has 0 bridgehead atoms. The van der Waals surface area contributed by atoms with Crippen molar-refractivity contribution in [2.24, 2.45) is 16.8 Å². The van der Waals surface area contributed by atoms with E-state index in [-0.39, 0.29) is 17.8 Å². The molecule has 0 unspecified atom stereocenters. The van der Waals surface area contributed by atoms with Crippen molar-refractivity contribution >= 4 is 18.5 Å². The molecule has 0 radical (unpaired) electrons. The zero-order valence-corrected chi connectivity index (χ0v) is 13.0. The number of carbonyl (C=O) groups excluding carboxylic acids is 2. The summed E-state index contributed by atoms with van der Waals surface area (Å²) in [7, 11) is 3.25. The number of rotatable bonds is 5. The van der Waals surface area contributed by atoms with Crippen LogP contribution in [0.2, 0.25) is 0 Å². The van der Waals surface area contributed by atoms with Crippen LogP contribution in [0.3, 0.4) is 0 Å². The molecule has 1 fully saturated rings. The monoisotopic (exact) mass is 303 g/mol. The van der Waals surface area contributed by atoms with Crippen molar-refractivity contribution in [1.29, 1.82) is 0 Å².